The summed E-state index contributed by atoms with van der Waals surface area (Å²) in [5, 5.41) is 4.95. The third kappa shape index (κ3) is 2.67. The van der Waals surface area contributed by atoms with Crippen LogP contribution in [0.3, 0.4) is 0 Å². The van der Waals surface area contributed by atoms with Gasteiger partial charge in [0.1, 0.15) is 0 Å². The van der Waals surface area contributed by atoms with Crippen molar-refractivity contribution in [1.29, 1.82) is 0 Å². The van der Waals surface area contributed by atoms with Crippen molar-refractivity contribution in [2.24, 2.45) is 0 Å². The molecule has 0 aromatic heterocycles. The van der Waals surface area contributed by atoms with E-state index >= 15 is 0 Å². The fourth-order valence-electron chi connectivity index (χ4n) is 1.58. The summed E-state index contributed by atoms with van der Waals surface area (Å²) in [4.78, 5) is 11.7. The largest absolute Gasteiger partial charge is 0.304 e. The number of nitrogens with one attached hydrogen (secondary N) is 2. The highest BCUT2D eigenvalue weighted by molar-refractivity contribution is 5.85. The number of amides is 1. The molecule has 1 rings (SSSR count). The van der Waals surface area contributed by atoms with Gasteiger partial charge in [-0.1, -0.05) is 0 Å². The second-order valence-electron chi connectivity index (χ2n) is 4.05. The number of rotatable bonds is 2. The molecule has 1 saturated heterocycles. The van der Waals surface area contributed by atoms with Crippen LogP contribution in [0.5, 0.6) is 0 Å². The first-order chi connectivity index (χ1) is 6.04. The molecule has 1 atom stereocenters. The van der Waals surface area contributed by atoms with Crippen molar-refractivity contribution >= 4 is 5.91 Å². The molecule has 13 heavy (non-hydrogen) atoms. The molecule has 1 fully saturated rings. The first kappa shape index (κ1) is 10.5. The molecule has 0 radical (unpaired) electrons. The minimum atomic E-state index is -0.372. The lowest BCUT2D eigenvalue weighted by atomic mass is 9.90. The van der Waals surface area contributed by atoms with Crippen molar-refractivity contribution in [1.82, 2.24) is 15.8 Å². The second kappa shape index (κ2) is 4.07. The topological polar surface area (TPSA) is 44.4 Å². The summed E-state index contributed by atoms with van der Waals surface area (Å²) in [5.41, 5.74) is 2.41. The minimum Gasteiger partial charge on any atom is -0.304 e. The number of carbonyl (C=O) groups excluding carboxylic acids is 1. The Hall–Kier alpha value is -0.610. The minimum absolute atomic E-state index is 0.0669. The summed E-state index contributed by atoms with van der Waals surface area (Å²) >= 11 is 0. The van der Waals surface area contributed by atoms with Gasteiger partial charge in [-0.3, -0.25) is 10.2 Å². The lowest BCUT2D eigenvalue weighted by Gasteiger charge is -2.34. The van der Waals surface area contributed by atoms with E-state index in [4.69, 9.17) is 0 Å². The predicted molar refractivity (Wildman–Crippen MR) is 52.1 cm³/mol. The third-order valence-electron chi connectivity index (χ3n) is 2.45. The summed E-state index contributed by atoms with van der Waals surface area (Å²) in [6.45, 7) is 2.91. The summed E-state index contributed by atoms with van der Waals surface area (Å²) in [5.74, 6) is 0.0669. The first-order valence-electron chi connectivity index (χ1n) is 4.78. The summed E-state index contributed by atoms with van der Waals surface area (Å²) in [7, 11) is 3.65. The summed E-state index contributed by atoms with van der Waals surface area (Å²) < 4.78 is 0. The quantitative estimate of drug-likeness (QED) is 0.600. The maximum atomic E-state index is 11.7. The van der Waals surface area contributed by atoms with E-state index in [1.807, 2.05) is 21.0 Å². The van der Waals surface area contributed by atoms with Gasteiger partial charge in [-0.25, -0.2) is 5.01 Å². The van der Waals surface area contributed by atoms with Gasteiger partial charge < -0.3 is 5.32 Å². The Morgan fingerprint density at radius 1 is 1.46 bits per heavy atom. The van der Waals surface area contributed by atoms with Crippen molar-refractivity contribution in [3.05, 3.63) is 0 Å². The lowest BCUT2D eigenvalue weighted by molar-refractivity contribution is -0.131. The molecule has 0 aliphatic carbocycles. The molecule has 1 heterocycles. The van der Waals surface area contributed by atoms with Gasteiger partial charge in [0, 0.05) is 14.1 Å². The Morgan fingerprint density at radius 2 is 2.15 bits per heavy atom. The molecule has 0 saturated carbocycles. The maximum Gasteiger partial charge on any atom is 0.254 e. The van der Waals surface area contributed by atoms with Crippen molar-refractivity contribution in [2.75, 3.05) is 20.6 Å². The van der Waals surface area contributed by atoms with Crippen molar-refractivity contribution in [2.45, 2.75) is 31.7 Å². The van der Waals surface area contributed by atoms with Crippen LogP contribution in [0, 0.1) is 0 Å². The van der Waals surface area contributed by atoms with E-state index in [1.54, 1.807) is 5.01 Å². The molecule has 0 aromatic carbocycles. The highest BCUT2D eigenvalue weighted by Gasteiger charge is 2.34. The number of hydrogen-bond acceptors (Lipinski definition) is 3. The monoisotopic (exact) mass is 185 g/mol. The van der Waals surface area contributed by atoms with E-state index in [2.05, 4.69) is 10.7 Å². The van der Waals surface area contributed by atoms with Crippen LogP contribution >= 0.6 is 0 Å². The fraction of sp³-hybridized carbons (Fsp3) is 0.889. The van der Waals surface area contributed by atoms with Crippen molar-refractivity contribution in [3.63, 3.8) is 0 Å². The van der Waals surface area contributed by atoms with Crippen molar-refractivity contribution in [3.8, 4) is 0 Å². The Labute approximate surface area is 79.6 Å². The number of nitrogens with zero attached hydrogens (tertiary/aromatic N) is 1. The molecule has 1 aliphatic rings. The van der Waals surface area contributed by atoms with Gasteiger partial charge in [-0.05, 0) is 32.7 Å². The van der Waals surface area contributed by atoms with Gasteiger partial charge in [0.2, 0.25) is 0 Å². The molecule has 4 heteroatoms. The summed E-state index contributed by atoms with van der Waals surface area (Å²) in [6, 6.07) is 0. The number of hydrogen-bond donors (Lipinski definition) is 2. The molecule has 1 amide bonds. The molecule has 2 N–H and O–H groups in total. The predicted octanol–water partition coefficient (Wildman–Crippen LogP) is 0.111. The Balaban J connectivity index is 2.51. The van der Waals surface area contributed by atoms with Crippen LogP contribution in [0.4, 0.5) is 0 Å². The first-order valence-corrected chi connectivity index (χ1v) is 4.78. The van der Waals surface area contributed by atoms with E-state index < -0.39 is 0 Å². The molecule has 1 unspecified atom stereocenters. The number of hydrazine groups is 1. The van der Waals surface area contributed by atoms with Crippen LogP contribution in [0.1, 0.15) is 26.2 Å². The second-order valence-corrected chi connectivity index (χ2v) is 4.05. The zero-order valence-electron chi connectivity index (χ0n) is 8.68. The maximum absolute atomic E-state index is 11.7. The molecular weight excluding hydrogens is 166 g/mol. The van der Waals surface area contributed by atoms with Gasteiger partial charge in [-0.15, -0.1) is 0 Å². The van der Waals surface area contributed by atoms with Gasteiger partial charge in [-0.2, -0.15) is 0 Å². The zero-order valence-corrected chi connectivity index (χ0v) is 8.68. The highest BCUT2D eigenvalue weighted by Crippen LogP contribution is 2.18. The summed E-state index contributed by atoms with van der Waals surface area (Å²) in [6.07, 6.45) is 3.22. The Kier molecular flexibility index (Phi) is 3.27. The normalized spacial score (nSPS) is 28.9. The Morgan fingerprint density at radius 3 is 2.62 bits per heavy atom. The van der Waals surface area contributed by atoms with Crippen LogP contribution in [0.15, 0.2) is 0 Å². The van der Waals surface area contributed by atoms with E-state index in [1.165, 1.54) is 6.42 Å². The number of carbonyl (C=O) groups is 1. The van der Waals surface area contributed by atoms with Crippen molar-refractivity contribution < 1.29 is 4.79 Å². The molecule has 0 spiro atoms. The zero-order chi connectivity index (χ0) is 9.90. The molecular formula is C9H19N3O. The molecule has 0 bridgehead atoms. The lowest BCUT2D eigenvalue weighted by Crippen LogP contribution is -2.59. The van der Waals surface area contributed by atoms with E-state index in [0.29, 0.717) is 0 Å². The van der Waals surface area contributed by atoms with Crippen LogP contribution < -0.4 is 10.7 Å². The van der Waals surface area contributed by atoms with Crippen LogP contribution in [-0.4, -0.2) is 37.1 Å². The SMILES string of the molecule is CN(C)NC(=O)C1(C)CCCCN1. The van der Waals surface area contributed by atoms with Gasteiger partial charge >= 0.3 is 0 Å². The molecule has 76 valence electrons. The van der Waals surface area contributed by atoms with Crippen LogP contribution in [0.25, 0.3) is 0 Å². The van der Waals surface area contributed by atoms with E-state index in [-0.39, 0.29) is 11.4 Å². The molecule has 4 nitrogen and oxygen atoms in total. The average molecular weight is 185 g/mol. The van der Waals surface area contributed by atoms with Crippen LogP contribution in [-0.2, 0) is 4.79 Å². The number of piperidine rings is 1. The highest BCUT2D eigenvalue weighted by atomic mass is 16.2. The van der Waals surface area contributed by atoms with Gasteiger partial charge in [0.25, 0.3) is 5.91 Å². The Bertz CT molecular complexity index is 185. The fourth-order valence-corrected chi connectivity index (χ4v) is 1.58. The molecule has 0 aromatic rings. The van der Waals surface area contributed by atoms with Gasteiger partial charge in [0.05, 0.1) is 5.54 Å². The third-order valence-corrected chi connectivity index (χ3v) is 2.45. The smallest absolute Gasteiger partial charge is 0.254 e. The van der Waals surface area contributed by atoms with E-state index in [9.17, 15) is 4.79 Å². The van der Waals surface area contributed by atoms with Gasteiger partial charge in [0.15, 0.2) is 0 Å². The standard InChI is InChI=1S/C9H19N3O/c1-9(6-4-5-7-10-9)8(13)11-12(2)3/h10H,4-7H2,1-3H3,(H,11,13). The molecule has 1 aliphatic heterocycles. The van der Waals surface area contributed by atoms with E-state index in [0.717, 1.165) is 19.4 Å². The average Bonchev–Trinajstić information content (AvgIpc) is 2.04. The van der Waals surface area contributed by atoms with Crippen LogP contribution in [0.2, 0.25) is 0 Å².